The van der Waals surface area contributed by atoms with Gasteiger partial charge in [0.25, 0.3) is 5.91 Å². The molecule has 1 aliphatic carbocycles. The molecule has 1 amide bonds. The average Bonchev–Trinajstić information content (AvgIpc) is 3.49. The van der Waals surface area contributed by atoms with Gasteiger partial charge in [-0.15, -0.1) is 10.2 Å². The van der Waals surface area contributed by atoms with Crippen molar-refractivity contribution in [1.29, 1.82) is 0 Å². The van der Waals surface area contributed by atoms with Gasteiger partial charge in [-0.1, -0.05) is 48.0 Å². The lowest BCUT2D eigenvalue weighted by molar-refractivity contribution is 0.0709. The van der Waals surface area contributed by atoms with Crippen molar-refractivity contribution in [2.24, 2.45) is 0 Å². The molecule has 29 heavy (non-hydrogen) atoms. The summed E-state index contributed by atoms with van der Waals surface area (Å²) in [5, 5.41) is 9.76. The molecule has 0 bridgehead atoms. The highest BCUT2D eigenvalue weighted by molar-refractivity contribution is 6.33. The number of aromatic nitrogens is 3. The van der Waals surface area contributed by atoms with E-state index in [-0.39, 0.29) is 18.5 Å². The van der Waals surface area contributed by atoms with Crippen molar-refractivity contribution in [2.75, 3.05) is 0 Å². The Morgan fingerprint density at radius 3 is 2.66 bits per heavy atom. The zero-order chi connectivity index (χ0) is 19.8. The summed E-state index contributed by atoms with van der Waals surface area (Å²) in [4.78, 5) is 19.5. The summed E-state index contributed by atoms with van der Waals surface area (Å²) in [6.07, 6.45) is 1.93. The maximum absolute atomic E-state index is 13.2. The fourth-order valence-corrected chi connectivity index (χ4v) is 3.51. The van der Waals surface area contributed by atoms with Gasteiger partial charge in [-0.05, 0) is 37.1 Å². The van der Waals surface area contributed by atoms with Crippen LogP contribution in [-0.2, 0) is 6.54 Å². The fourth-order valence-electron chi connectivity index (χ4n) is 3.29. The van der Waals surface area contributed by atoms with Gasteiger partial charge in [0.05, 0.1) is 22.6 Å². The predicted octanol–water partition coefficient (Wildman–Crippen LogP) is 4.74. The number of hydrogen-bond acceptors (Lipinski definition) is 5. The minimum atomic E-state index is -0.129. The number of carbonyl (C=O) groups is 1. The largest absolute Gasteiger partial charge is 0.419 e. The first-order chi connectivity index (χ1) is 14.2. The van der Waals surface area contributed by atoms with Crippen molar-refractivity contribution in [3.63, 3.8) is 0 Å². The lowest BCUT2D eigenvalue weighted by atomic mass is 10.2. The first-order valence-electron chi connectivity index (χ1n) is 9.43. The second-order valence-electron chi connectivity index (χ2n) is 7.03. The zero-order valence-corrected chi connectivity index (χ0v) is 16.2. The van der Waals surface area contributed by atoms with E-state index in [2.05, 4.69) is 15.2 Å². The van der Waals surface area contributed by atoms with Crippen LogP contribution in [0.3, 0.4) is 0 Å². The van der Waals surface area contributed by atoms with E-state index < -0.39 is 0 Å². The summed E-state index contributed by atoms with van der Waals surface area (Å²) in [6.45, 7) is 0.245. The molecule has 0 atom stereocenters. The van der Waals surface area contributed by atoms with Gasteiger partial charge < -0.3 is 9.32 Å². The van der Waals surface area contributed by atoms with E-state index in [0.29, 0.717) is 28.1 Å². The average molecular weight is 405 g/mol. The highest BCUT2D eigenvalue weighted by atomic mass is 35.5. The number of para-hydroxylation sites is 1. The van der Waals surface area contributed by atoms with Gasteiger partial charge in [-0.3, -0.25) is 4.79 Å². The Hall–Kier alpha value is -3.25. The Balaban J connectivity index is 1.41. The van der Waals surface area contributed by atoms with E-state index in [1.54, 1.807) is 17.0 Å². The Bertz CT molecular complexity index is 1200. The molecule has 0 aliphatic heterocycles. The van der Waals surface area contributed by atoms with Crippen LogP contribution >= 0.6 is 11.6 Å². The van der Waals surface area contributed by atoms with Crippen LogP contribution in [0.25, 0.3) is 22.4 Å². The Morgan fingerprint density at radius 1 is 1.03 bits per heavy atom. The van der Waals surface area contributed by atoms with Gasteiger partial charge in [0.2, 0.25) is 11.8 Å². The molecule has 7 heteroatoms. The second-order valence-corrected chi connectivity index (χ2v) is 7.44. The topological polar surface area (TPSA) is 72.1 Å². The number of halogens is 1. The second kappa shape index (κ2) is 7.29. The normalized spacial score (nSPS) is 13.6. The predicted molar refractivity (Wildman–Crippen MR) is 109 cm³/mol. The first kappa shape index (κ1) is 17.8. The van der Waals surface area contributed by atoms with Crippen molar-refractivity contribution in [2.45, 2.75) is 25.4 Å². The van der Waals surface area contributed by atoms with Crippen LogP contribution in [0.15, 0.2) is 65.1 Å². The highest BCUT2D eigenvalue weighted by Crippen LogP contribution is 2.31. The molecule has 144 valence electrons. The number of nitrogens with zero attached hydrogens (tertiary/aromatic N) is 4. The minimum Gasteiger partial charge on any atom is -0.419 e. The van der Waals surface area contributed by atoms with Gasteiger partial charge >= 0.3 is 0 Å². The van der Waals surface area contributed by atoms with Crippen molar-refractivity contribution in [3.05, 3.63) is 77.3 Å². The molecule has 0 saturated heterocycles. The van der Waals surface area contributed by atoms with Crippen molar-refractivity contribution in [3.8, 4) is 11.5 Å². The first-order valence-corrected chi connectivity index (χ1v) is 9.81. The molecular formula is C22H17ClN4O2. The molecule has 4 aromatic rings. The molecule has 2 aromatic carbocycles. The standard InChI is InChI=1S/C22H17ClN4O2/c23-17-7-3-2-6-16(17)21-26-25-20(29-21)13-27(15-10-11-15)22(28)19-12-9-14-5-1-4-8-18(14)24-19/h1-9,12,15H,10-11,13H2. The van der Waals surface area contributed by atoms with Crippen molar-refractivity contribution < 1.29 is 9.21 Å². The van der Waals surface area contributed by atoms with E-state index in [4.69, 9.17) is 16.0 Å². The Kier molecular flexibility index (Phi) is 4.48. The molecule has 2 aromatic heterocycles. The molecule has 0 N–H and O–H groups in total. The summed E-state index contributed by atoms with van der Waals surface area (Å²) < 4.78 is 5.79. The lowest BCUT2D eigenvalue weighted by Crippen LogP contribution is -2.33. The maximum Gasteiger partial charge on any atom is 0.273 e. The summed E-state index contributed by atoms with van der Waals surface area (Å²) in [6, 6.07) is 18.9. The van der Waals surface area contributed by atoms with Crippen LogP contribution in [0.2, 0.25) is 5.02 Å². The zero-order valence-electron chi connectivity index (χ0n) is 15.5. The Morgan fingerprint density at radius 2 is 1.83 bits per heavy atom. The number of rotatable bonds is 5. The fraction of sp³-hybridized carbons (Fsp3) is 0.182. The monoisotopic (exact) mass is 404 g/mol. The number of hydrogen-bond donors (Lipinski definition) is 0. The number of benzene rings is 2. The number of pyridine rings is 1. The molecular weight excluding hydrogens is 388 g/mol. The van der Waals surface area contributed by atoms with E-state index in [1.165, 1.54) is 0 Å². The molecule has 0 unspecified atom stereocenters. The number of fused-ring (bicyclic) bond motifs is 1. The van der Waals surface area contributed by atoms with E-state index in [1.807, 2.05) is 48.5 Å². The van der Waals surface area contributed by atoms with Crippen LogP contribution in [0, 0.1) is 0 Å². The number of carbonyl (C=O) groups excluding carboxylic acids is 1. The lowest BCUT2D eigenvalue weighted by Gasteiger charge is -2.20. The van der Waals surface area contributed by atoms with E-state index in [0.717, 1.165) is 23.7 Å². The van der Waals surface area contributed by atoms with Gasteiger partial charge in [-0.25, -0.2) is 4.98 Å². The van der Waals surface area contributed by atoms with Crippen LogP contribution in [0.1, 0.15) is 29.2 Å². The smallest absolute Gasteiger partial charge is 0.273 e. The molecule has 0 radical (unpaired) electrons. The molecule has 1 aliphatic rings. The Labute approximate surface area is 172 Å². The van der Waals surface area contributed by atoms with Crippen LogP contribution < -0.4 is 0 Å². The summed E-state index contributed by atoms with van der Waals surface area (Å²) in [5.74, 6) is 0.592. The van der Waals surface area contributed by atoms with Gasteiger partial charge in [0, 0.05) is 11.4 Å². The number of amides is 1. The minimum absolute atomic E-state index is 0.129. The third-order valence-corrected chi connectivity index (χ3v) is 5.27. The molecule has 6 nitrogen and oxygen atoms in total. The third kappa shape index (κ3) is 3.59. The molecule has 0 spiro atoms. The summed E-state index contributed by atoms with van der Waals surface area (Å²) >= 11 is 6.21. The van der Waals surface area contributed by atoms with Crippen LogP contribution in [-0.4, -0.2) is 32.0 Å². The molecule has 2 heterocycles. The van der Waals surface area contributed by atoms with Gasteiger partial charge in [0.1, 0.15) is 5.69 Å². The third-order valence-electron chi connectivity index (χ3n) is 4.94. The van der Waals surface area contributed by atoms with E-state index in [9.17, 15) is 4.79 Å². The SMILES string of the molecule is O=C(c1ccc2ccccc2n1)N(Cc1nnc(-c2ccccc2Cl)o1)C1CC1. The van der Waals surface area contributed by atoms with Crippen LogP contribution in [0.4, 0.5) is 0 Å². The summed E-state index contributed by atoms with van der Waals surface area (Å²) in [5.41, 5.74) is 1.89. The molecule has 1 fully saturated rings. The quantitative estimate of drug-likeness (QED) is 0.480. The van der Waals surface area contributed by atoms with Crippen molar-refractivity contribution in [1.82, 2.24) is 20.1 Å². The van der Waals surface area contributed by atoms with E-state index >= 15 is 0 Å². The van der Waals surface area contributed by atoms with Gasteiger partial charge in [0.15, 0.2) is 0 Å². The van der Waals surface area contributed by atoms with Crippen molar-refractivity contribution >= 4 is 28.4 Å². The summed E-state index contributed by atoms with van der Waals surface area (Å²) in [7, 11) is 0. The van der Waals surface area contributed by atoms with Crippen LogP contribution in [0.5, 0.6) is 0 Å². The van der Waals surface area contributed by atoms with Gasteiger partial charge in [-0.2, -0.15) is 0 Å². The molecule has 1 saturated carbocycles. The highest BCUT2D eigenvalue weighted by Gasteiger charge is 2.35. The maximum atomic E-state index is 13.2. The molecule has 5 rings (SSSR count).